The van der Waals surface area contributed by atoms with E-state index in [-0.39, 0.29) is 38.8 Å². The SMILES string of the molecule is CC(C)(C)c1ccc(C2/C(=C(/O)c3ccc(Cl)c(Cl)c3)C(=O)C(=O)N2c2ccc(CC(=O)O)cc2)cc1. The molecule has 8 heteroatoms. The van der Waals surface area contributed by atoms with Gasteiger partial charge in [-0.2, -0.15) is 0 Å². The van der Waals surface area contributed by atoms with Gasteiger partial charge in [-0.05, 0) is 52.4 Å². The molecule has 0 radical (unpaired) electrons. The summed E-state index contributed by atoms with van der Waals surface area (Å²) in [6.07, 6.45) is -0.173. The number of aliphatic hydroxyl groups excluding tert-OH is 1. The van der Waals surface area contributed by atoms with Crippen molar-refractivity contribution in [1.82, 2.24) is 0 Å². The second-order valence-corrected chi connectivity index (χ2v) is 10.7. The number of benzene rings is 3. The van der Waals surface area contributed by atoms with Crippen molar-refractivity contribution >= 4 is 52.3 Å². The third-order valence-corrected chi connectivity index (χ3v) is 7.04. The molecule has 1 amide bonds. The van der Waals surface area contributed by atoms with Crippen molar-refractivity contribution < 1.29 is 24.6 Å². The van der Waals surface area contributed by atoms with Crippen molar-refractivity contribution in [2.45, 2.75) is 38.6 Å². The Balaban J connectivity index is 1.89. The molecule has 190 valence electrons. The van der Waals surface area contributed by atoms with E-state index in [4.69, 9.17) is 28.3 Å². The second-order valence-electron chi connectivity index (χ2n) is 9.91. The van der Waals surface area contributed by atoms with Crippen molar-refractivity contribution in [1.29, 1.82) is 0 Å². The summed E-state index contributed by atoms with van der Waals surface area (Å²) in [5, 5.41) is 20.8. The number of halogens is 2. The van der Waals surface area contributed by atoms with Crippen molar-refractivity contribution in [3.05, 3.63) is 105 Å². The Kier molecular flexibility index (Phi) is 7.18. The highest BCUT2D eigenvalue weighted by Crippen LogP contribution is 2.43. The maximum atomic E-state index is 13.3. The van der Waals surface area contributed by atoms with Gasteiger partial charge in [0.2, 0.25) is 0 Å². The molecule has 0 aliphatic carbocycles. The standard InChI is InChI=1S/C29H25Cl2NO5/c1-29(2,3)19-9-6-17(7-10-19)25-24(26(35)18-8-13-21(30)22(31)15-18)27(36)28(37)32(25)20-11-4-16(5-12-20)14-23(33)34/h4-13,15,25,35H,14H2,1-3H3,(H,33,34)/b26-24-. The molecule has 4 rings (SSSR count). The number of Topliss-reactive ketones (excluding diaryl/α,β-unsaturated/α-hetero) is 1. The van der Waals surface area contributed by atoms with Crippen molar-refractivity contribution in [2.24, 2.45) is 0 Å². The molecule has 0 aromatic heterocycles. The van der Waals surface area contributed by atoms with Gasteiger partial charge in [-0.15, -0.1) is 0 Å². The lowest BCUT2D eigenvalue weighted by Crippen LogP contribution is -2.29. The molecule has 1 unspecified atom stereocenters. The van der Waals surface area contributed by atoms with Crippen LogP contribution in [0, 0.1) is 0 Å². The molecule has 37 heavy (non-hydrogen) atoms. The number of anilines is 1. The van der Waals surface area contributed by atoms with Gasteiger partial charge in [-0.3, -0.25) is 19.3 Å². The molecule has 1 atom stereocenters. The van der Waals surface area contributed by atoms with Gasteiger partial charge in [-0.25, -0.2) is 0 Å². The molecular formula is C29H25Cl2NO5. The van der Waals surface area contributed by atoms with Crippen LogP contribution in [0.1, 0.15) is 49.1 Å². The number of rotatable bonds is 5. The first-order chi connectivity index (χ1) is 17.4. The van der Waals surface area contributed by atoms with Gasteiger partial charge in [0.15, 0.2) is 0 Å². The van der Waals surface area contributed by atoms with Crippen LogP contribution in [0.3, 0.4) is 0 Å². The Bertz CT molecular complexity index is 1420. The van der Waals surface area contributed by atoms with E-state index in [1.165, 1.54) is 23.1 Å². The van der Waals surface area contributed by atoms with E-state index in [1.54, 1.807) is 24.3 Å². The van der Waals surface area contributed by atoms with E-state index in [0.717, 1.165) is 5.56 Å². The lowest BCUT2D eigenvalue weighted by molar-refractivity contribution is -0.136. The molecule has 1 aliphatic rings. The Labute approximate surface area is 224 Å². The number of hydrogen-bond acceptors (Lipinski definition) is 4. The first-order valence-corrected chi connectivity index (χ1v) is 12.3. The van der Waals surface area contributed by atoms with Crippen molar-refractivity contribution in [2.75, 3.05) is 4.90 Å². The summed E-state index contributed by atoms with van der Waals surface area (Å²) in [4.78, 5) is 39.1. The zero-order chi connectivity index (χ0) is 27.1. The van der Waals surface area contributed by atoms with Crippen LogP contribution in [0.25, 0.3) is 5.76 Å². The normalized spacial score (nSPS) is 17.3. The van der Waals surface area contributed by atoms with Crippen LogP contribution in [0.15, 0.2) is 72.3 Å². The van der Waals surface area contributed by atoms with Crippen molar-refractivity contribution in [3.8, 4) is 0 Å². The lowest BCUT2D eigenvalue weighted by atomic mass is 9.85. The molecule has 1 fully saturated rings. The Morgan fingerprint density at radius 1 is 0.892 bits per heavy atom. The lowest BCUT2D eigenvalue weighted by Gasteiger charge is -2.27. The summed E-state index contributed by atoms with van der Waals surface area (Å²) in [6, 6.07) is 17.5. The van der Waals surface area contributed by atoms with E-state index in [2.05, 4.69) is 20.8 Å². The topological polar surface area (TPSA) is 94.9 Å². The summed E-state index contributed by atoms with van der Waals surface area (Å²) in [7, 11) is 0. The molecule has 1 saturated heterocycles. The van der Waals surface area contributed by atoms with E-state index in [9.17, 15) is 19.5 Å². The first kappa shape index (κ1) is 26.5. The summed E-state index contributed by atoms with van der Waals surface area (Å²) in [5.41, 5.74) is 2.70. The van der Waals surface area contributed by atoms with E-state index < -0.39 is 23.7 Å². The van der Waals surface area contributed by atoms with E-state index in [1.807, 2.05) is 24.3 Å². The summed E-state index contributed by atoms with van der Waals surface area (Å²) in [6.45, 7) is 6.24. The van der Waals surface area contributed by atoms with Crippen LogP contribution in [0.4, 0.5) is 5.69 Å². The maximum Gasteiger partial charge on any atom is 0.307 e. The zero-order valence-electron chi connectivity index (χ0n) is 20.5. The number of aliphatic carboxylic acids is 1. The van der Waals surface area contributed by atoms with Crippen LogP contribution < -0.4 is 4.90 Å². The molecule has 3 aromatic rings. The third kappa shape index (κ3) is 5.26. The number of carboxylic acid groups (broad SMARTS) is 1. The molecule has 1 aliphatic heterocycles. The summed E-state index contributed by atoms with van der Waals surface area (Å²) >= 11 is 12.2. The Morgan fingerprint density at radius 2 is 1.51 bits per heavy atom. The number of carboxylic acids is 1. The summed E-state index contributed by atoms with van der Waals surface area (Å²) < 4.78 is 0. The Hall–Kier alpha value is -3.61. The zero-order valence-corrected chi connectivity index (χ0v) is 22.0. The van der Waals surface area contributed by atoms with Crippen molar-refractivity contribution in [3.63, 3.8) is 0 Å². The third-order valence-electron chi connectivity index (χ3n) is 6.30. The fourth-order valence-electron chi connectivity index (χ4n) is 4.33. The highest BCUT2D eigenvalue weighted by atomic mass is 35.5. The number of carbonyl (C=O) groups is 3. The largest absolute Gasteiger partial charge is 0.507 e. The average Bonchev–Trinajstić information content (AvgIpc) is 3.10. The number of carbonyl (C=O) groups excluding carboxylic acids is 2. The minimum atomic E-state index is -0.978. The highest BCUT2D eigenvalue weighted by molar-refractivity contribution is 6.51. The van der Waals surface area contributed by atoms with Gasteiger partial charge in [0.25, 0.3) is 11.7 Å². The minimum absolute atomic E-state index is 0.0819. The molecular weight excluding hydrogens is 513 g/mol. The predicted octanol–water partition coefficient (Wildman–Crippen LogP) is 6.54. The number of amides is 1. The van der Waals surface area contributed by atoms with Gasteiger partial charge in [0, 0.05) is 11.3 Å². The van der Waals surface area contributed by atoms with Gasteiger partial charge in [0.1, 0.15) is 5.76 Å². The molecule has 6 nitrogen and oxygen atoms in total. The molecule has 0 spiro atoms. The number of hydrogen-bond donors (Lipinski definition) is 2. The van der Waals surface area contributed by atoms with Gasteiger partial charge >= 0.3 is 5.97 Å². The number of aliphatic hydroxyl groups is 1. The quantitative estimate of drug-likeness (QED) is 0.218. The van der Waals surface area contributed by atoms with Gasteiger partial charge in [-0.1, -0.05) is 80.4 Å². The van der Waals surface area contributed by atoms with Gasteiger partial charge < -0.3 is 10.2 Å². The average molecular weight is 538 g/mol. The first-order valence-electron chi connectivity index (χ1n) is 11.6. The highest BCUT2D eigenvalue weighted by Gasteiger charge is 2.47. The van der Waals surface area contributed by atoms with E-state index in [0.29, 0.717) is 16.8 Å². The fraction of sp³-hybridized carbons (Fsp3) is 0.207. The van der Waals surface area contributed by atoms with Crippen LogP contribution in [-0.4, -0.2) is 27.9 Å². The molecule has 0 bridgehead atoms. The minimum Gasteiger partial charge on any atom is -0.507 e. The monoisotopic (exact) mass is 537 g/mol. The maximum absolute atomic E-state index is 13.3. The second kappa shape index (κ2) is 10.0. The van der Waals surface area contributed by atoms with Gasteiger partial charge in [0.05, 0.1) is 28.1 Å². The number of nitrogens with zero attached hydrogens (tertiary/aromatic N) is 1. The summed E-state index contributed by atoms with van der Waals surface area (Å²) in [5.74, 6) is -3.00. The molecule has 0 saturated carbocycles. The molecule has 3 aromatic carbocycles. The Morgan fingerprint density at radius 3 is 2.05 bits per heavy atom. The molecule has 1 heterocycles. The fourth-order valence-corrected chi connectivity index (χ4v) is 4.63. The van der Waals surface area contributed by atoms with Crippen LogP contribution in [0.2, 0.25) is 10.0 Å². The van der Waals surface area contributed by atoms with Crippen LogP contribution >= 0.6 is 23.2 Å². The van der Waals surface area contributed by atoms with Crippen LogP contribution in [0.5, 0.6) is 0 Å². The number of ketones is 1. The van der Waals surface area contributed by atoms with E-state index >= 15 is 0 Å². The smallest absolute Gasteiger partial charge is 0.307 e. The molecule has 2 N–H and O–H groups in total. The van der Waals surface area contributed by atoms with Crippen LogP contribution in [-0.2, 0) is 26.2 Å². The predicted molar refractivity (Wildman–Crippen MR) is 144 cm³/mol.